The van der Waals surface area contributed by atoms with Crippen LogP contribution in [0, 0.1) is 0 Å². The van der Waals surface area contributed by atoms with Gasteiger partial charge in [-0.15, -0.1) is 0 Å². The maximum Gasteiger partial charge on any atom is 0.251 e. The predicted octanol–water partition coefficient (Wildman–Crippen LogP) is 2.77. The Morgan fingerprint density at radius 3 is 2.57 bits per heavy atom. The van der Waals surface area contributed by atoms with Gasteiger partial charge in [-0.1, -0.05) is 26.3 Å². The fourth-order valence-corrected chi connectivity index (χ4v) is 1.88. The third kappa shape index (κ3) is 2.06. The summed E-state index contributed by atoms with van der Waals surface area (Å²) in [5, 5.41) is 0. The van der Waals surface area contributed by atoms with Gasteiger partial charge in [-0.2, -0.15) is 0 Å². The second kappa shape index (κ2) is 4.45. The van der Waals surface area contributed by atoms with Crippen molar-refractivity contribution in [3.05, 3.63) is 34.7 Å². The largest absolute Gasteiger partial charge is 0.310 e. The highest BCUT2D eigenvalue weighted by Crippen LogP contribution is 2.24. The molecule has 0 aromatic carbocycles. The first-order valence-electron chi connectivity index (χ1n) is 5.32. The van der Waals surface area contributed by atoms with Gasteiger partial charge in [0, 0.05) is 17.8 Å². The highest BCUT2D eigenvalue weighted by molar-refractivity contribution is 4.98. The highest BCUT2D eigenvalue weighted by Gasteiger charge is 2.23. The Balaban J connectivity index is 3.12. The Kier molecular flexibility index (Phi) is 3.50. The third-order valence-corrected chi connectivity index (χ3v) is 2.95. The van der Waals surface area contributed by atoms with E-state index in [2.05, 4.69) is 20.8 Å². The van der Waals surface area contributed by atoms with Crippen molar-refractivity contribution in [3.63, 3.8) is 0 Å². The van der Waals surface area contributed by atoms with E-state index in [4.69, 9.17) is 0 Å². The van der Waals surface area contributed by atoms with Crippen molar-refractivity contribution in [2.24, 2.45) is 0 Å². The normalized spacial score (nSPS) is 15.1. The molecule has 0 bridgehead atoms. The Hall–Kier alpha value is -1.05. The predicted molar refractivity (Wildman–Crippen MR) is 59.5 cm³/mol. The molecule has 2 heteroatoms. The summed E-state index contributed by atoms with van der Waals surface area (Å²) in [5.41, 5.74) is 0.0814. The van der Waals surface area contributed by atoms with Crippen molar-refractivity contribution in [2.75, 3.05) is 0 Å². The molecule has 0 amide bonds. The van der Waals surface area contributed by atoms with Crippen molar-refractivity contribution in [2.45, 2.75) is 45.6 Å². The second-order valence-corrected chi connectivity index (χ2v) is 4.01. The van der Waals surface area contributed by atoms with Gasteiger partial charge in [0.15, 0.2) is 0 Å². The van der Waals surface area contributed by atoms with Crippen LogP contribution in [0.3, 0.4) is 0 Å². The third-order valence-electron chi connectivity index (χ3n) is 2.95. The minimum atomic E-state index is -0.0207. The van der Waals surface area contributed by atoms with E-state index in [-0.39, 0.29) is 11.1 Å². The van der Waals surface area contributed by atoms with E-state index in [1.807, 2.05) is 16.8 Å². The minimum Gasteiger partial charge on any atom is -0.310 e. The molecule has 0 saturated carbocycles. The maximum absolute atomic E-state index is 11.7. The van der Waals surface area contributed by atoms with Gasteiger partial charge in [0.1, 0.15) is 0 Å². The molecule has 0 fully saturated rings. The van der Waals surface area contributed by atoms with E-state index in [1.54, 1.807) is 12.1 Å². The average molecular weight is 193 g/mol. The molecule has 2 nitrogen and oxygen atoms in total. The average Bonchev–Trinajstić information content (AvgIpc) is 2.18. The number of hydrogen-bond acceptors (Lipinski definition) is 1. The second-order valence-electron chi connectivity index (χ2n) is 4.01. The molecule has 1 aromatic rings. The van der Waals surface area contributed by atoms with Gasteiger partial charge in [0.2, 0.25) is 0 Å². The van der Waals surface area contributed by atoms with Crippen molar-refractivity contribution in [1.82, 2.24) is 4.57 Å². The molecule has 1 aromatic heterocycles. The van der Waals surface area contributed by atoms with E-state index in [1.165, 1.54) is 0 Å². The molecule has 14 heavy (non-hydrogen) atoms. The number of pyridine rings is 1. The SMILES string of the molecule is CCCC(C)(CC)n1ccccc1=O. The molecule has 0 aliphatic rings. The Labute approximate surface area is 85.6 Å². The maximum atomic E-state index is 11.7. The van der Waals surface area contributed by atoms with Crippen LogP contribution < -0.4 is 5.56 Å². The van der Waals surface area contributed by atoms with Gasteiger partial charge in [-0.25, -0.2) is 0 Å². The van der Waals surface area contributed by atoms with Gasteiger partial charge in [0.05, 0.1) is 0 Å². The number of hydrogen-bond donors (Lipinski definition) is 0. The molecule has 1 atom stereocenters. The van der Waals surface area contributed by atoms with Crippen LogP contribution in [0.5, 0.6) is 0 Å². The van der Waals surface area contributed by atoms with Crippen LogP contribution in [0.25, 0.3) is 0 Å². The number of nitrogens with zero attached hydrogens (tertiary/aromatic N) is 1. The summed E-state index contributed by atoms with van der Waals surface area (Å²) in [5.74, 6) is 0. The van der Waals surface area contributed by atoms with Gasteiger partial charge in [0.25, 0.3) is 5.56 Å². The standard InChI is InChI=1S/C12H19NO/c1-4-9-12(3,5-2)13-10-7-6-8-11(13)14/h6-8,10H,4-5,9H2,1-3H3. The van der Waals surface area contributed by atoms with Crippen LogP contribution in [0.2, 0.25) is 0 Å². The lowest BCUT2D eigenvalue weighted by atomic mass is 9.92. The molecule has 1 heterocycles. The lowest BCUT2D eigenvalue weighted by Gasteiger charge is -2.30. The van der Waals surface area contributed by atoms with Gasteiger partial charge >= 0.3 is 0 Å². The summed E-state index contributed by atoms with van der Waals surface area (Å²) in [6.45, 7) is 6.44. The lowest BCUT2D eigenvalue weighted by Crippen LogP contribution is -2.37. The molecule has 0 spiro atoms. The Bertz CT molecular complexity index is 342. The quantitative estimate of drug-likeness (QED) is 0.720. The summed E-state index contributed by atoms with van der Waals surface area (Å²) in [6.07, 6.45) is 5.03. The molecule has 1 unspecified atom stereocenters. The van der Waals surface area contributed by atoms with E-state index in [0.29, 0.717) is 0 Å². The zero-order valence-corrected chi connectivity index (χ0v) is 9.29. The monoisotopic (exact) mass is 193 g/mol. The summed E-state index contributed by atoms with van der Waals surface area (Å²) in [7, 11) is 0. The van der Waals surface area contributed by atoms with Crippen LogP contribution in [0.1, 0.15) is 40.0 Å². The molecule has 1 rings (SSSR count). The van der Waals surface area contributed by atoms with Crippen molar-refractivity contribution < 1.29 is 0 Å². The molecule has 0 N–H and O–H groups in total. The van der Waals surface area contributed by atoms with Crippen LogP contribution in [-0.2, 0) is 5.54 Å². The zero-order chi connectivity index (χ0) is 10.6. The van der Waals surface area contributed by atoms with Gasteiger partial charge in [-0.05, 0) is 25.8 Å². The first kappa shape index (κ1) is 11.0. The number of aromatic nitrogens is 1. The topological polar surface area (TPSA) is 22.0 Å². The van der Waals surface area contributed by atoms with Crippen LogP contribution in [-0.4, -0.2) is 4.57 Å². The van der Waals surface area contributed by atoms with Crippen molar-refractivity contribution >= 4 is 0 Å². The zero-order valence-electron chi connectivity index (χ0n) is 9.29. The summed E-state index contributed by atoms with van der Waals surface area (Å²) in [6, 6.07) is 5.34. The first-order chi connectivity index (χ1) is 6.64. The van der Waals surface area contributed by atoms with Crippen LogP contribution >= 0.6 is 0 Å². The highest BCUT2D eigenvalue weighted by atomic mass is 16.1. The smallest absolute Gasteiger partial charge is 0.251 e. The van der Waals surface area contributed by atoms with Gasteiger partial charge in [-0.3, -0.25) is 4.79 Å². The molecule has 0 aliphatic carbocycles. The molecule has 0 saturated heterocycles. The molecule has 0 aliphatic heterocycles. The van der Waals surface area contributed by atoms with E-state index < -0.39 is 0 Å². The summed E-state index contributed by atoms with van der Waals surface area (Å²) < 4.78 is 1.86. The lowest BCUT2D eigenvalue weighted by molar-refractivity contribution is 0.270. The van der Waals surface area contributed by atoms with Gasteiger partial charge < -0.3 is 4.57 Å². The van der Waals surface area contributed by atoms with E-state index in [0.717, 1.165) is 19.3 Å². The Morgan fingerprint density at radius 1 is 1.36 bits per heavy atom. The molecule has 0 radical (unpaired) electrons. The van der Waals surface area contributed by atoms with E-state index in [9.17, 15) is 4.79 Å². The fraction of sp³-hybridized carbons (Fsp3) is 0.583. The Morgan fingerprint density at radius 2 is 2.07 bits per heavy atom. The summed E-state index contributed by atoms with van der Waals surface area (Å²) >= 11 is 0. The fourth-order valence-electron chi connectivity index (χ4n) is 1.88. The summed E-state index contributed by atoms with van der Waals surface area (Å²) in [4.78, 5) is 11.7. The van der Waals surface area contributed by atoms with Crippen LogP contribution in [0.4, 0.5) is 0 Å². The van der Waals surface area contributed by atoms with Crippen LogP contribution in [0.15, 0.2) is 29.2 Å². The molecular weight excluding hydrogens is 174 g/mol. The molecular formula is C12H19NO. The number of rotatable bonds is 4. The minimum absolute atomic E-state index is 0.0207. The van der Waals surface area contributed by atoms with Crippen molar-refractivity contribution in [3.8, 4) is 0 Å². The molecule has 78 valence electrons. The van der Waals surface area contributed by atoms with Crippen molar-refractivity contribution in [1.29, 1.82) is 0 Å². The first-order valence-corrected chi connectivity index (χ1v) is 5.32. The van der Waals surface area contributed by atoms with E-state index >= 15 is 0 Å².